The number of pyridine rings is 2. The minimum Gasteiger partial charge on any atom is -0.380 e. The average molecular weight is 521 g/mol. The van der Waals surface area contributed by atoms with Gasteiger partial charge in [0.25, 0.3) is 0 Å². The lowest BCUT2D eigenvalue weighted by Crippen LogP contribution is -2.40. The zero-order valence-corrected chi connectivity index (χ0v) is 21.4. The maximum Gasteiger partial charge on any atom is 0.328 e. The molecule has 0 aromatic carbocycles. The fraction of sp³-hybridized carbons (Fsp3) is 0.462. The summed E-state index contributed by atoms with van der Waals surface area (Å²) in [6.45, 7) is 4.69. The first-order valence-corrected chi connectivity index (χ1v) is 13.3. The first kappa shape index (κ1) is 25.2. The van der Waals surface area contributed by atoms with E-state index in [1.54, 1.807) is 22.7 Å². The fourth-order valence-electron chi connectivity index (χ4n) is 4.89. The zero-order valence-electron chi connectivity index (χ0n) is 20.6. The van der Waals surface area contributed by atoms with Crippen LogP contribution in [0.25, 0.3) is 0 Å². The van der Waals surface area contributed by atoms with Crippen LogP contribution in [0.5, 0.6) is 0 Å². The number of hydrogen-bond acceptors (Lipinski definition) is 8. The molecule has 37 heavy (non-hydrogen) atoms. The Labute approximate surface area is 219 Å². The molecule has 10 nitrogen and oxygen atoms in total. The maximum absolute atomic E-state index is 13.3. The van der Waals surface area contributed by atoms with Crippen molar-refractivity contribution in [2.75, 3.05) is 36.5 Å². The Kier molecular flexibility index (Phi) is 7.39. The van der Waals surface area contributed by atoms with Crippen LogP contribution in [0.2, 0.25) is 0 Å². The molecule has 5 heterocycles. The molecule has 1 N–H and O–H groups in total. The van der Waals surface area contributed by atoms with Gasteiger partial charge >= 0.3 is 6.03 Å². The molecule has 0 aliphatic carbocycles. The molecule has 0 bridgehead atoms. The van der Waals surface area contributed by atoms with Gasteiger partial charge in [-0.2, -0.15) is 5.26 Å². The van der Waals surface area contributed by atoms with E-state index >= 15 is 0 Å². The molecule has 3 aliphatic heterocycles. The number of thioether (sulfide) groups is 1. The zero-order chi connectivity index (χ0) is 25.9. The number of nitrogens with one attached hydrogen (secondary N) is 1. The summed E-state index contributed by atoms with van der Waals surface area (Å²) in [5.41, 5.74) is 2.26. The molecule has 0 saturated carbocycles. The Morgan fingerprint density at radius 2 is 2.22 bits per heavy atom. The number of nitrogens with zero attached hydrogens (tertiary/aromatic N) is 5. The molecule has 0 radical (unpaired) electrons. The van der Waals surface area contributed by atoms with E-state index in [-0.39, 0.29) is 22.8 Å². The second-order valence-corrected chi connectivity index (χ2v) is 10.9. The van der Waals surface area contributed by atoms with Crippen LogP contribution in [0, 0.1) is 17.2 Å². The van der Waals surface area contributed by atoms with E-state index in [0.29, 0.717) is 61.9 Å². The molecule has 2 aromatic heterocycles. The number of amides is 3. The van der Waals surface area contributed by atoms with Gasteiger partial charge in [-0.1, -0.05) is 6.92 Å². The number of aromatic nitrogens is 2. The maximum atomic E-state index is 13.3. The lowest BCUT2D eigenvalue weighted by Gasteiger charge is -2.29. The van der Waals surface area contributed by atoms with Crippen molar-refractivity contribution in [2.45, 2.75) is 49.3 Å². The molecule has 2 atom stereocenters. The van der Waals surface area contributed by atoms with Gasteiger partial charge in [0.1, 0.15) is 23.4 Å². The van der Waals surface area contributed by atoms with E-state index in [1.807, 2.05) is 13.0 Å². The second-order valence-electron chi connectivity index (χ2n) is 9.55. The van der Waals surface area contributed by atoms with E-state index in [0.717, 1.165) is 36.1 Å². The quantitative estimate of drug-likeness (QED) is 0.574. The molecule has 5 rings (SSSR count). The van der Waals surface area contributed by atoms with Crippen molar-refractivity contribution < 1.29 is 19.1 Å². The molecule has 3 aliphatic rings. The Morgan fingerprint density at radius 1 is 1.35 bits per heavy atom. The highest BCUT2D eigenvalue weighted by atomic mass is 32.2. The van der Waals surface area contributed by atoms with Crippen LogP contribution in [0.3, 0.4) is 0 Å². The number of nitriles is 1. The molecular weight excluding hydrogens is 492 g/mol. The molecule has 192 valence electrons. The van der Waals surface area contributed by atoms with Crippen molar-refractivity contribution >= 4 is 41.6 Å². The van der Waals surface area contributed by atoms with Crippen LogP contribution in [0.15, 0.2) is 23.2 Å². The minimum absolute atomic E-state index is 0.00861. The molecule has 2 saturated heterocycles. The Balaban J connectivity index is 1.35. The number of carbonyl (C=O) groups excluding carboxylic acids is 3. The number of aldehydes is 1. The summed E-state index contributed by atoms with van der Waals surface area (Å²) >= 11 is 1.56. The Bertz CT molecular complexity index is 1270. The van der Waals surface area contributed by atoms with Crippen LogP contribution < -0.4 is 10.2 Å². The third kappa shape index (κ3) is 5.31. The summed E-state index contributed by atoms with van der Waals surface area (Å²) in [7, 11) is 0. The third-order valence-electron chi connectivity index (χ3n) is 6.96. The molecule has 3 amide bonds. The summed E-state index contributed by atoms with van der Waals surface area (Å²) in [5, 5.41) is 12.6. The van der Waals surface area contributed by atoms with Crippen molar-refractivity contribution in [1.29, 1.82) is 5.26 Å². The molecule has 2 aromatic rings. The predicted octanol–water partition coefficient (Wildman–Crippen LogP) is 3.39. The number of anilines is 2. The van der Waals surface area contributed by atoms with Crippen molar-refractivity contribution in [2.24, 2.45) is 5.92 Å². The topological polar surface area (TPSA) is 129 Å². The highest BCUT2D eigenvalue weighted by molar-refractivity contribution is 8.00. The Morgan fingerprint density at radius 3 is 2.92 bits per heavy atom. The summed E-state index contributed by atoms with van der Waals surface area (Å²) in [4.78, 5) is 50.4. The largest absolute Gasteiger partial charge is 0.380 e. The number of rotatable bonds is 6. The van der Waals surface area contributed by atoms with Gasteiger partial charge in [-0.3, -0.25) is 19.8 Å². The van der Waals surface area contributed by atoms with E-state index < -0.39 is 6.03 Å². The number of likely N-dealkylation sites (tertiary alicyclic amines) is 1. The van der Waals surface area contributed by atoms with E-state index in [1.165, 1.54) is 11.1 Å². The first-order valence-electron chi connectivity index (χ1n) is 12.5. The lowest BCUT2D eigenvalue weighted by molar-refractivity contribution is -0.131. The Hall–Kier alpha value is -3.49. The van der Waals surface area contributed by atoms with E-state index in [2.05, 4.69) is 21.4 Å². The van der Waals surface area contributed by atoms with Crippen molar-refractivity contribution in [1.82, 2.24) is 14.9 Å². The highest BCUT2D eigenvalue weighted by Gasteiger charge is 2.30. The summed E-state index contributed by atoms with van der Waals surface area (Å²) in [6, 6.07) is 5.37. The summed E-state index contributed by atoms with van der Waals surface area (Å²) in [5.74, 6) is 0.864. The summed E-state index contributed by atoms with van der Waals surface area (Å²) in [6.07, 6.45) is 5.32. The van der Waals surface area contributed by atoms with Gasteiger partial charge in [-0.05, 0) is 43.4 Å². The lowest BCUT2D eigenvalue weighted by atomic mass is 10.0. The first-order chi connectivity index (χ1) is 18.0. The van der Waals surface area contributed by atoms with Gasteiger partial charge in [0.2, 0.25) is 5.91 Å². The van der Waals surface area contributed by atoms with Crippen molar-refractivity contribution in [3.8, 4) is 6.07 Å². The van der Waals surface area contributed by atoms with Gasteiger partial charge in [-0.25, -0.2) is 14.8 Å². The number of aryl methyl sites for hydroxylation is 1. The third-order valence-corrected chi connectivity index (χ3v) is 8.26. The normalized spacial score (nSPS) is 21.0. The van der Waals surface area contributed by atoms with Gasteiger partial charge in [-0.15, -0.1) is 11.8 Å². The van der Waals surface area contributed by atoms with E-state index in [4.69, 9.17) is 4.74 Å². The standard InChI is InChI=1S/C26H28N6O4S/c1-16-4-7-31(25(16)34)13-18-9-17-3-2-6-32(24(17)29-21(18)14-33)26(35)30-23-10-22(19(11-27)12-28-23)37-20-5-8-36-15-20/h9-10,12,14,16,20H,2-8,13,15H2,1H3,(H,28,30,35)/t16?,20-/m1/s1. The van der Waals surface area contributed by atoms with Crippen LogP contribution >= 0.6 is 11.8 Å². The predicted molar refractivity (Wildman–Crippen MR) is 138 cm³/mol. The average Bonchev–Trinajstić information content (AvgIpc) is 3.53. The molecular formula is C26H28N6O4S. The number of hydrogen-bond donors (Lipinski definition) is 1. The second kappa shape index (κ2) is 10.9. The monoisotopic (exact) mass is 520 g/mol. The number of urea groups is 1. The van der Waals surface area contributed by atoms with Gasteiger partial charge < -0.3 is 9.64 Å². The molecule has 1 unspecified atom stereocenters. The van der Waals surface area contributed by atoms with Crippen molar-refractivity contribution in [3.63, 3.8) is 0 Å². The van der Waals surface area contributed by atoms with Gasteiger partial charge in [0.15, 0.2) is 6.29 Å². The van der Waals surface area contributed by atoms with Gasteiger partial charge in [0, 0.05) is 54.1 Å². The van der Waals surface area contributed by atoms with Crippen LogP contribution in [0.1, 0.15) is 53.4 Å². The summed E-state index contributed by atoms with van der Waals surface area (Å²) < 4.78 is 5.44. The molecule has 2 fully saturated rings. The number of ether oxygens (including phenoxy) is 1. The molecule has 0 spiro atoms. The number of carbonyl (C=O) groups is 3. The fourth-order valence-corrected chi connectivity index (χ4v) is 6.03. The minimum atomic E-state index is -0.404. The van der Waals surface area contributed by atoms with Crippen LogP contribution in [0.4, 0.5) is 16.4 Å². The SMILES string of the molecule is CC1CCN(Cc2cc3c(nc2C=O)N(C(=O)Nc2cc(S[C@@H]4CCOC4)c(C#N)cn2)CCC3)C1=O. The van der Waals surface area contributed by atoms with Crippen molar-refractivity contribution in [3.05, 3.63) is 40.7 Å². The van der Waals surface area contributed by atoms with Crippen LogP contribution in [-0.2, 0) is 22.5 Å². The van der Waals surface area contributed by atoms with E-state index in [9.17, 15) is 19.6 Å². The van der Waals surface area contributed by atoms with Gasteiger partial charge in [0.05, 0.1) is 12.2 Å². The smallest absolute Gasteiger partial charge is 0.328 e. The molecule has 11 heteroatoms. The van der Waals surface area contributed by atoms with Crippen LogP contribution in [-0.4, -0.2) is 64.6 Å². The number of fused-ring (bicyclic) bond motifs is 1. The highest BCUT2D eigenvalue weighted by Crippen LogP contribution is 2.33.